The molecule has 6 nitrogen and oxygen atoms in total. The van der Waals surface area contributed by atoms with Crippen molar-refractivity contribution in [3.05, 3.63) is 71.4 Å². The molecule has 39 heavy (non-hydrogen) atoms. The number of aryl methyl sites for hydroxylation is 3. The molecule has 2 aromatic rings. The number of rotatable bonds is 14. The number of hydrogen-bond donors (Lipinski definition) is 3. The molecular formula is C32H53N5OS. The third kappa shape index (κ3) is 14.5. The van der Waals surface area contributed by atoms with E-state index in [0.717, 1.165) is 50.7 Å². The van der Waals surface area contributed by atoms with Crippen LogP contribution in [0.4, 0.5) is 0 Å². The lowest BCUT2D eigenvalue weighted by Crippen LogP contribution is -2.19. The molecule has 7 heteroatoms. The molecule has 1 heterocycles. The van der Waals surface area contributed by atoms with Crippen LogP contribution in [-0.2, 0) is 6.42 Å². The fraction of sp³-hybridized carbons (Fsp3) is 0.531. The van der Waals surface area contributed by atoms with Gasteiger partial charge in [-0.25, -0.2) is 4.31 Å². The Bertz CT molecular complexity index is 939. The van der Waals surface area contributed by atoms with Crippen LogP contribution in [0.25, 0.3) is 0 Å². The normalized spacial score (nSPS) is 11.9. The number of hydrogen-bond acceptors (Lipinski definition) is 7. The van der Waals surface area contributed by atoms with Gasteiger partial charge in [-0.3, -0.25) is 4.99 Å². The maximum atomic E-state index is 5.26. The highest BCUT2D eigenvalue weighted by molar-refractivity contribution is 7.97. The fourth-order valence-electron chi connectivity index (χ4n) is 3.99. The molecule has 218 valence electrons. The molecule has 1 aliphatic rings. The topological polar surface area (TPSA) is 60.9 Å². The first kappa shape index (κ1) is 34.5. The zero-order valence-electron chi connectivity index (χ0n) is 25.5. The lowest BCUT2D eigenvalue weighted by molar-refractivity contribution is 0.413. The van der Waals surface area contributed by atoms with Crippen molar-refractivity contribution in [3.8, 4) is 5.75 Å². The Morgan fingerprint density at radius 1 is 1.08 bits per heavy atom. The third-order valence-electron chi connectivity index (χ3n) is 6.16. The number of ether oxygens (including phenoxy) is 1. The fourth-order valence-corrected chi connectivity index (χ4v) is 4.98. The first-order valence-electron chi connectivity index (χ1n) is 14.3. The van der Waals surface area contributed by atoms with E-state index in [0.29, 0.717) is 0 Å². The molecule has 0 fully saturated rings. The molecule has 3 rings (SSSR count). The molecule has 0 aromatic heterocycles. The van der Waals surface area contributed by atoms with Gasteiger partial charge in [0.15, 0.2) is 0 Å². The van der Waals surface area contributed by atoms with E-state index in [1.807, 2.05) is 19.0 Å². The van der Waals surface area contributed by atoms with Gasteiger partial charge in [0.05, 0.1) is 13.7 Å². The highest BCUT2D eigenvalue weighted by Crippen LogP contribution is 2.31. The molecule has 0 amide bonds. The van der Waals surface area contributed by atoms with Crippen molar-refractivity contribution >= 4 is 17.8 Å². The van der Waals surface area contributed by atoms with E-state index in [-0.39, 0.29) is 0 Å². The van der Waals surface area contributed by atoms with Crippen molar-refractivity contribution in [1.82, 2.24) is 20.3 Å². The van der Waals surface area contributed by atoms with Crippen molar-refractivity contribution < 1.29 is 4.74 Å². The summed E-state index contributed by atoms with van der Waals surface area (Å²) in [6.07, 6.45) is 7.83. The molecule has 0 bridgehead atoms. The molecule has 0 aliphatic carbocycles. The lowest BCUT2D eigenvalue weighted by Gasteiger charge is -2.18. The monoisotopic (exact) mass is 555 g/mol. The van der Waals surface area contributed by atoms with Gasteiger partial charge < -0.3 is 20.7 Å². The van der Waals surface area contributed by atoms with Gasteiger partial charge >= 0.3 is 0 Å². The van der Waals surface area contributed by atoms with Crippen molar-refractivity contribution in [2.75, 3.05) is 53.9 Å². The second kappa shape index (κ2) is 21.4. The quantitative estimate of drug-likeness (QED) is 0.186. The van der Waals surface area contributed by atoms with Crippen LogP contribution in [-0.4, -0.2) is 64.1 Å². The number of nitrogens with zero attached hydrogens (tertiary/aromatic N) is 2. The average Bonchev–Trinajstić information content (AvgIpc) is 3.49. The largest absolute Gasteiger partial charge is 0.497 e. The van der Waals surface area contributed by atoms with Crippen LogP contribution < -0.4 is 20.7 Å². The van der Waals surface area contributed by atoms with Gasteiger partial charge in [-0.15, -0.1) is 0 Å². The molecule has 0 unspecified atom stereocenters. The van der Waals surface area contributed by atoms with Crippen LogP contribution in [0.15, 0.2) is 59.1 Å². The van der Waals surface area contributed by atoms with E-state index in [1.165, 1.54) is 52.8 Å². The first-order chi connectivity index (χ1) is 18.9. The second-order valence-corrected chi connectivity index (χ2v) is 10.8. The van der Waals surface area contributed by atoms with Crippen LogP contribution in [0.3, 0.4) is 0 Å². The van der Waals surface area contributed by atoms with Crippen molar-refractivity contribution in [1.29, 1.82) is 0 Å². The molecule has 0 saturated heterocycles. The number of nitrogens with one attached hydrogen (secondary N) is 3. The van der Waals surface area contributed by atoms with Crippen LogP contribution in [0.2, 0.25) is 0 Å². The maximum absolute atomic E-state index is 5.26. The predicted octanol–water partition coefficient (Wildman–Crippen LogP) is 6.37. The molecule has 2 aromatic carbocycles. The number of aliphatic imine (C=N–C) groups is 1. The van der Waals surface area contributed by atoms with Crippen LogP contribution in [0, 0.1) is 13.8 Å². The summed E-state index contributed by atoms with van der Waals surface area (Å²) in [5.41, 5.74) is 5.15. The zero-order chi connectivity index (χ0) is 28.9. The molecule has 0 spiro atoms. The van der Waals surface area contributed by atoms with Crippen molar-refractivity contribution in [3.63, 3.8) is 0 Å². The van der Waals surface area contributed by atoms with Crippen molar-refractivity contribution in [2.24, 2.45) is 4.99 Å². The number of methoxy groups -OCH3 is 1. The Hall–Kier alpha value is -2.48. The molecule has 3 N–H and O–H groups in total. The summed E-state index contributed by atoms with van der Waals surface area (Å²) in [6, 6.07) is 12.8. The van der Waals surface area contributed by atoms with Gasteiger partial charge in [-0.05, 0) is 107 Å². The Morgan fingerprint density at radius 2 is 1.74 bits per heavy atom. The minimum atomic E-state index is 0.908. The van der Waals surface area contributed by atoms with Gasteiger partial charge in [0.2, 0.25) is 0 Å². The van der Waals surface area contributed by atoms with E-state index >= 15 is 0 Å². The SMILES string of the molecule is C=CNCCCCCNC.CCCN(C)Sc1c(C)cc(OC)cc1C.CCc1ccc(C2=NCCN2)cc1. The summed E-state index contributed by atoms with van der Waals surface area (Å²) >= 11 is 1.82. The smallest absolute Gasteiger partial charge is 0.128 e. The Balaban J connectivity index is 0.000000301. The maximum Gasteiger partial charge on any atom is 0.128 e. The summed E-state index contributed by atoms with van der Waals surface area (Å²) in [5, 5.41) is 9.45. The van der Waals surface area contributed by atoms with E-state index in [1.54, 1.807) is 13.3 Å². The van der Waals surface area contributed by atoms with E-state index < -0.39 is 0 Å². The predicted molar refractivity (Wildman–Crippen MR) is 172 cm³/mol. The standard InChI is InChI=1S/C13H21NOS.C11H14N2.C8H18N2/c1-6-7-14(4)16-13-10(2)8-12(15-5)9-11(13)3;1-2-9-3-5-10(6-4-9)11-12-7-8-13-11;1-3-10-8-6-4-5-7-9-2/h8-9H,6-7H2,1-5H3;3-6H,2,7-8H2,1H3,(H,12,13);3,9-10H,1,4-8H2,2H3. The van der Waals surface area contributed by atoms with Gasteiger partial charge in [0, 0.05) is 30.1 Å². The zero-order valence-corrected chi connectivity index (χ0v) is 26.3. The van der Waals surface area contributed by atoms with Gasteiger partial charge in [0.25, 0.3) is 0 Å². The Kier molecular flexibility index (Phi) is 18.9. The first-order valence-corrected chi connectivity index (χ1v) is 15.1. The second-order valence-electron chi connectivity index (χ2n) is 9.56. The van der Waals surface area contributed by atoms with Crippen molar-refractivity contribution in [2.45, 2.75) is 64.7 Å². The molecule has 0 atom stereocenters. The minimum Gasteiger partial charge on any atom is -0.497 e. The van der Waals surface area contributed by atoms with Crippen LogP contribution in [0.5, 0.6) is 5.75 Å². The third-order valence-corrected chi connectivity index (χ3v) is 7.48. The number of benzene rings is 2. The summed E-state index contributed by atoms with van der Waals surface area (Å²) in [6.45, 7) is 17.4. The minimum absolute atomic E-state index is 0.908. The molecule has 0 radical (unpaired) electrons. The van der Waals surface area contributed by atoms with Crippen LogP contribution in [0.1, 0.15) is 61.8 Å². The molecule has 0 saturated carbocycles. The summed E-state index contributed by atoms with van der Waals surface area (Å²) < 4.78 is 7.54. The highest BCUT2D eigenvalue weighted by atomic mass is 32.2. The lowest BCUT2D eigenvalue weighted by atomic mass is 10.1. The van der Waals surface area contributed by atoms with E-state index in [2.05, 4.69) is 103 Å². The van der Waals surface area contributed by atoms with E-state index in [9.17, 15) is 0 Å². The molecule has 1 aliphatic heterocycles. The Labute approximate surface area is 243 Å². The highest BCUT2D eigenvalue weighted by Gasteiger charge is 2.09. The van der Waals surface area contributed by atoms with Gasteiger partial charge in [-0.2, -0.15) is 0 Å². The summed E-state index contributed by atoms with van der Waals surface area (Å²) in [5.74, 6) is 1.99. The number of unbranched alkanes of at least 4 members (excludes halogenated alkanes) is 2. The van der Waals surface area contributed by atoms with Gasteiger partial charge in [0.1, 0.15) is 11.6 Å². The number of amidine groups is 1. The summed E-state index contributed by atoms with van der Waals surface area (Å²) in [7, 11) is 5.84. The summed E-state index contributed by atoms with van der Waals surface area (Å²) in [4.78, 5) is 5.71. The average molecular weight is 556 g/mol. The van der Waals surface area contributed by atoms with E-state index in [4.69, 9.17) is 4.74 Å². The molecular weight excluding hydrogens is 502 g/mol. The Morgan fingerprint density at radius 3 is 2.26 bits per heavy atom. The van der Waals surface area contributed by atoms with Gasteiger partial charge in [-0.1, -0.05) is 51.1 Å². The van der Waals surface area contributed by atoms with Crippen LogP contribution >= 0.6 is 11.9 Å².